The number of carbonyl (C=O) groups excluding carboxylic acids is 2. The number of carbonyl (C=O) groups is 2. The molecule has 1 fully saturated rings. The zero-order valence-corrected chi connectivity index (χ0v) is 20.8. The van der Waals surface area contributed by atoms with Gasteiger partial charge in [0.1, 0.15) is 23.7 Å². The van der Waals surface area contributed by atoms with Crippen LogP contribution in [0.4, 0.5) is 11.6 Å². The number of hydrogen-bond donors (Lipinski definition) is 2. The molecule has 0 spiro atoms. The van der Waals surface area contributed by atoms with Crippen LogP contribution in [0.25, 0.3) is 22.3 Å². The van der Waals surface area contributed by atoms with Crippen molar-refractivity contribution >= 4 is 34.5 Å². The van der Waals surface area contributed by atoms with Gasteiger partial charge in [-0.3, -0.25) is 9.59 Å². The smallest absolute Gasteiger partial charge is 0.256 e. The standard InChI is InChI=1S/C27H28N8O2/c1-3-4-5-22(36)34-13-11-20(15-34)35-26-23(25(28)30-16-31-26)24(33-35)18-6-8-19(9-7-18)27(37)32-21-14-17(2)10-12-29-21/h4-10,12,14,16,20H,3,11,13,15H2,1-2H3,(H2,28,30,31)(H,29,32,37)/t20-/m1/s1. The average Bonchev–Trinajstić information content (AvgIpc) is 3.53. The lowest BCUT2D eigenvalue weighted by Gasteiger charge is -2.15. The van der Waals surface area contributed by atoms with E-state index in [1.54, 1.807) is 24.4 Å². The predicted octanol–water partition coefficient (Wildman–Crippen LogP) is 3.77. The van der Waals surface area contributed by atoms with Gasteiger partial charge >= 0.3 is 0 Å². The number of rotatable bonds is 6. The minimum absolute atomic E-state index is 0.00454. The van der Waals surface area contributed by atoms with E-state index in [-0.39, 0.29) is 17.9 Å². The highest BCUT2D eigenvalue weighted by atomic mass is 16.2. The first-order valence-corrected chi connectivity index (χ1v) is 12.2. The molecule has 3 aromatic heterocycles. The summed E-state index contributed by atoms with van der Waals surface area (Å²) in [5, 5.41) is 8.35. The van der Waals surface area contributed by atoms with Gasteiger partial charge in [-0.2, -0.15) is 5.10 Å². The number of anilines is 2. The molecule has 5 rings (SSSR count). The number of nitrogens with two attached hydrogens (primary N) is 1. The Bertz CT molecular complexity index is 1490. The molecule has 4 heterocycles. The largest absolute Gasteiger partial charge is 0.383 e. The lowest BCUT2D eigenvalue weighted by Crippen LogP contribution is -2.27. The number of nitrogens with zero attached hydrogens (tertiary/aromatic N) is 6. The second-order valence-corrected chi connectivity index (χ2v) is 9.04. The zero-order chi connectivity index (χ0) is 25.9. The normalized spacial score (nSPS) is 15.5. The van der Waals surface area contributed by atoms with Crippen molar-refractivity contribution in [1.82, 2.24) is 29.6 Å². The van der Waals surface area contributed by atoms with Gasteiger partial charge in [-0.05, 0) is 55.7 Å². The molecule has 2 amide bonds. The fourth-order valence-electron chi connectivity index (χ4n) is 4.49. The van der Waals surface area contributed by atoms with E-state index in [4.69, 9.17) is 10.8 Å². The van der Waals surface area contributed by atoms with Crippen molar-refractivity contribution in [2.24, 2.45) is 0 Å². The van der Waals surface area contributed by atoms with Crippen LogP contribution in [0.5, 0.6) is 0 Å². The van der Waals surface area contributed by atoms with Crippen molar-refractivity contribution in [3.63, 3.8) is 0 Å². The summed E-state index contributed by atoms with van der Waals surface area (Å²) in [5.74, 6) is 0.578. The van der Waals surface area contributed by atoms with Crippen molar-refractivity contribution in [3.8, 4) is 11.3 Å². The third-order valence-corrected chi connectivity index (χ3v) is 6.41. The Morgan fingerprint density at radius 3 is 2.73 bits per heavy atom. The van der Waals surface area contributed by atoms with E-state index in [1.807, 2.05) is 53.8 Å². The second-order valence-electron chi connectivity index (χ2n) is 9.04. The number of allylic oxidation sites excluding steroid dienone is 1. The maximum absolute atomic E-state index is 12.7. The number of amides is 2. The number of pyridine rings is 1. The molecule has 1 aliphatic rings. The Morgan fingerprint density at radius 2 is 1.97 bits per heavy atom. The van der Waals surface area contributed by atoms with E-state index in [1.165, 1.54) is 6.33 Å². The van der Waals surface area contributed by atoms with Crippen LogP contribution in [-0.4, -0.2) is 54.5 Å². The predicted molar refractivity (Wildman–Crippen MR) is 142 cm³/mol. The van der Waals surface area contributed by atoms with Gasteiger partial charge in [0.15, 0.2) is 5.65 Å². The van der Waals surface area contributed by atoms with Gasteiger partial charge in [0.25, 0.3) is 5.91 Å². The third kappa shape index (κ3) is 4.90. The van der Waals surface area contributed by atoms with E-state index in [0.717, 1.165) is 24.0 Å². The second kappa shape index (κ2) is 10.2. The quantitative estimate of drug-likeness (QED) is 0.388. The molecular formula is C27H28N8O2. The van der Waals surface area contributed by atoms with Crippen molar-refractivity contribution in [2.75, 3.05) is 24.1 Å². The number of fused-ring (bicyclic) bond motifs is 1. The van der Waals surface area contributed by atoms with Gasteiger partial charge in [0.05, 0.1) is 11.4 Å². The van der Waals surface area contributed by atoms with E-state index < -0.39 is 0 Å². The molecule has 4 aromatic rings. The summed E-state index contributed by atoms with van der Waals surface area (Å²) >= 11 is 0. The molecule has 0 bridgehead atoms. The molecule has 10 heteroatoms. The molecule has 1 aromatic carbocycles. The molecule has 188 valence electrons. The van der Waals surface area contributed by atoms with E-state index >= 15 is 0 Å². The number of hydrogen-bond acceptors (Lipinski definition) is 7. The van der Waals surface area contributed by atoms with Crippen LogP contribution in [0.15, 0.2) is 61.1 Å². The third-order valence-electron chi connectivity index (χ3n) is 6.41. The van der Waals surface area contributed by atoms with Crippen LogP contribution in [0.3, 0.4) is 0 Å². The summed E-state index contributed by atoms with van der Waals surface area (Å²) in [4.78, 5) is 39.9. The molecule has 10 nitrogen and oxygen atoms in total. The van der Waals surface area contributed by atoms with Crippen LogP contribution >= 0.6 is 0 Å². The minimum atomic E-state index is -0.254. The molecule has 0 radical (unpaired) electrons. The molecule has 3 N–H and O–H groups in total. The Kier molecular flexibility index (Phi) is 6.63. The first-order valence-electron chi connectivity index (χ1n) is 12.2. The highest BCUT2D eigenvalue weighted by molar-refractivity contribution is 6.04. The highest BCUT2D eigenvalue weighted by Gasteiger charge is 2.30. The van der Waals surface area contributed by atoms with Crippen LogP contribution in [0.2, 0.25) is 0 Å². The van der Waals surface area contributed by atoms with Gasteiger partial charge in [-0.1, -0.05) is 25.1 Å². The minimum Gasteiger partial charge on any atom is -0.383 e. The number of aromatic nitrogens is 5. The summed E-state index contributed by atoms with van der Waals surface area (Å²) in [6.45, 7) is 5.13. The van der Waals surface area contributed by atoms with Crippen molar-refractivity contribution in [2.45, 2.75) is 32.7 Å². The maximum atomic E-state index is 12.7. The number of benzene rings is 1. The van der Waals surface area contributed by atoms with Crippen molar-refractivity contribution < 1.29 is 9.59 Å². The van der Waals surface area contributed by atoms with Crippen molar-refractivity contribution in [1.29, 1.82) is 0 Å². The molecule has 37 heavy (non-hydrogen) atoms. The van der Waals surface area contributed by atoms with Crippen LogP contribution in [-0.2, 0) is 4.79 Å². The monoisotopic (exact) mass is 496 g/mol. The maximum Gasteiger partial charge on any atom is 0.256 e. The molecular weight excluding hydrogens is 468 g/mol. The molecule has 0 aliphatic carbocycles. The lowest BCUT2D eigenvalue weighted by molar-refractivity contribution is -0.125. The fraction of sp³-hybridized carbons (Fsp3) is 0.259. The van der Waals surface area contributed by atoms with Gasteiger partial charge in [0.2, 0.25) is 5.91 Å². The lowest BCUT2D eigenvalue weighted by atomic mass is 10.1. The number of nitrogens with one attached hydrogen (secondary N) is 1. The molecule has 1 atom stereocenters. The summed E-state index contributed by atoms with van der Waals surface area (Å²) in [6.07, 6.45) is 8.15. The zero-order valence-electron chi connectivity index (χ0n) is 20.8. The van der Waals surface area contributed by atoms with E-state index in [0.29, 0.717) is 47.0 Å². The number of nitrogen functional groups attached to an aromatic ring is 1. The van der Waals surface area contributed by atoms with E-state index in [9.17, 15) is 9.59 Å². The topological polar surface area (TPSA) is 132 Å². The molecule has 0 saturated carbocycles. The molecule has 1 aliphatic heterocycles. The Morgan fingerprint density at radius 1 is 1.16 bits per heavy atom. The molecule has 0 unspecified atom stereocenters. The highest BCUT2D eigenvalue weighted by Crippen LogP contribution is 2.34. The summed E-state index contributed by atoms with van der Waals surface area (Å²) in [7, 11) is 0. The summed E-state index contributed by atoms with van der Waals surface area (Å²) in [5.41, 5.74) is 9.81. The summed E-state index contributed by atoms with van der Waals surface area (Å²) < 4.78 is 1.85. The number of aryl methyl sites for hydroxylation is 1. The van der Waals surface area contributed by atoms with Crippen LogP contribution in [0.1, 0.15) is 41.7 Å². The first kappa shape index (κ1) is 24.1. The Labute approximate surface area is 214 Å². The Balaban J connectivity index is 1.42. The van der Waals surface area contributed by atoms with Gasteiger partial charge in [0, 0.05) is 30.4 Å². The van der Waals surface area contributed by atoms with Crippen LogP contribution < -0.4 is 11.1 Å². The first-order chi connectivity index (χ1) is 17.9. The van der Waals surface area contributed by atoms with Crippen LogP contribution in [0, 0.1) is 6.92 Å². The van der Waals surface area contributed by atoms with Gasteiger partial charge in [-0.25, -0.2) is 19.6 Å². The SMILES string of the molecule is CCC=CC(=O)N1CC[C@@H](n2nc(-c3ccc(C(=O)Nc4cc(C)ccn4)cc3)c3c(N)ncnc32)C1. The molecule has 1 saturated heterocycles. The van der Waals surface area contributed by atoms with Gasteiger partial charge in [-0.15, -0.1) is 0 Å². The Hall–Kier alpha value is -4.60. The van der Waals surface area contributed by atoms with Gasteiger partial charge < -0.3 is 16.0 Å². The number of likely N-dealkylation sites (tertiary alicyclic amines) is 1. The average molecular weight is 497 g/mol. The van der Waals surface area contributed by atoms with E-state index in [2.05, 4.69) is 20.3 Å². The van der Waals surface area contributed by atoms with Crippen molar-refractivity contribution in [3.05, 3.63) is 72.2 Å². The summed E-state index contributed by atoms with van der Waals surface area (Å²) in [6, 6.07) is 10.8. The fourth-order valence-corrected chi connectivity index (χ4v) is 4.49.